The zero-order chi connectivity index (χ0) is 13.6. The fourth-order valence-electron chi connectivity index (χ4n) is 3.25. The molecule has 1 N–H and O–H groups in total. The lowest BCUT2D eigenvalue weighted by Gasteiger charge is -2.23. The van der Waals surface area contributed by atoms with Crippen molar-refractivity contribution in [2.24, 2.45) is 0 Å². The maximum atomic E-state index is 12.6. The van der Waals surface area contributed by atoms with Crippen LogP contribution in [-0.4, -0.2) is 35.3 Å². The average molecular weight is 258 g/mol. The Labute approximate surface area is 112 Å². The minimum absolute atomic E-state index is 0.0424. The van der Waals surface area contributed by atoms with Gasteiger partial charge in [-0.3, -0.25) is 9.59 Å². The van der Waals surface area contributed by atoms with Crippen LogP contribution in [0.15, 0.2) is 18.2 Å². The lowest BCUT2D eigenvalue weighted by atomic mass is 10.1. The molecule has 0 radical (unpaired) electrons. The van der Waals surface area contributed by atoms with Gasteiger partial charge in [-0.1, -0.05) is 17.2 Å². The zero-order valence-electron chi connectivity index (χ0n) is 11.3. The molecule has 2 atom stereocenters. The third-order valence-electron chi connectivity index (χ3n) is 4.02. The number of fused-ring (bicyclic) bond motifs is 1. The maximum Gasteiger partial charge on any atom is 0.254 e. The third-order valence-corrected chi connectivity index (χ3v) is 4.02. The number of carbonyl (C=O) groups is 2. The number of benzene rings is 1. The van der Waals surface area contributed by atoms with Crippen LogP contribution in [0.1, 0.15) is 34.3 Å². The van der Waals surface area contributed by atoms with Gasteiger partial charge in [0.25, 0.3) is 5.91 Å². The lowest BCUT2D eigenvalue weighted by molar-refractivity contribution is -0.119. The van der Waals surface area contributed by atoms with Gasteiger partial charge in [0.15, 0.2) is 0 Å². The van der Waals surface area contributed by atoms with E-state index in [9.17, 15) is 9.59 Å². The van der Waals surface area contributed by atoms with E-state index in [0.717, 1.165) is 29.7 Å². The summed E-state index contributed by atoms with van der Waals surface area (Å²) in [6.45, 7) is 4.73. The zero-order valence-corrected chi connectivity index (χ0v) is 11.3. The quantitative estimate of drug-likeness (QED) is 0.828. The Morgan fingerprint density at radius 1 is 1.26 bits per heavy atom. The highest BCUT2D eigenvalue weighted by molar-refractivity contribution is 5.96. The van der Waals surface area contributed by atoms with E-state index in [-0.39, 0.29) is 23.9 Å². The predicted octanol–water partition coefficient (Wildman–Crippen LogP) is 1.41. The van der Waals surface area contributed by atoms with Crippen LogP contribution in [-0.2, 0) is 4.79 Å². The molecule has 0 aromatic heterocycles. The van der Waals surface area contributed by atoms with Gasteiger partial charge < -0.3 is 10.2 Å². The second-order valence-corrected chi connectivity index (χ2v) is 5.61. The molecule has 2 amide bonds. The normalized spacial score (nSPS) is 25.4. The van der Waals surface area contributed by atoms with Crippen molar-refractivity contribution < 1.29 is 9.59 Å². The molecule has 0 bridgehead atoms. The Hall–Kier alpha value is -1.84. The van der Waals surface area contributed by atoms with E-state index in [1.54, 1.807) is 0 Å². The van der Waals surface area contributed by atoms with Gasteiger partial charge >= 0.3 is 0 Å². The Morgan fingerprint density at radius 2 is 1.95 bits per heavy atom. The molecular weight excluding hydrogens is 240 g/mol. The van der Waals surface area contributed by atoms with Crippen LogP contribution in [0.5, 0.6) is 0 Å². The fourth-order valence-corrected chi connectivity index (χ4v) is 3.25. The standard InChI is InChI=1S/C15H18N2O2/c1-9-5-10(2)7-11(6-9)15(19)17-4-3-12-13(17)8-14(18)16-12/h5-7,12-13H,3-4,8H2,1-2H3,(H,16,18)/t12-,13+/m1/s1. The predicted molar refractivity (Wildman–Crippen MR) is 71.9 cm³/mol. The van der Waals surface area contributed by atoms with Gasteiger partial charge in [-0.2, -0.15) is 0 Å². The van der Waals surface area contributed by atoms with E-state index in [2.05, 4.69) is 11.4 Å². The van der Waals surface area contributed by atoms with Crippen molar-refractivity contribution >= 4 is 11.8 Å². The molecule has 0 unspecified atom stereocenters. The minimum atomic E-state index is 0.0424. The number of hydrogen-bond donors (Lipinski definition) is 1. The first-order valence-corrected chi connectivity index (χ1v) is 6.73. The second-order valence-electron chi connectivity index (χ2n) is 5.61. The average Bonchev–Trinajstić information content (AvgIpc) is 2.85. The molecule has 19 heavy (non-hydrogen) atoms. The molecule has 1 aromatic carbocycles. The van der Waals surface area contributed by atoms with E-state index in [4.69, 9.17) is 0 Å². The highest BCUT2D eigenvalue weighted by Crippen LogP contribution is 2.27. The molecule has 2 aliphatic rings. The van der Waals surface area contributed by atoms with Crippen LogP contribution in [0, 0.1) is 13.8 Å². The van der Waals surface area contributed by atoms with Gasteiger partial charge in [-0.05, 0) is 32.4 Å². The molecule has 2 fully saturated rings. The summed E-state index contributed by atoms with van der Waals surface area (Å²) in [6, 6.07) is 6.10. The molecule has 2 aliphatic heterocycles. The summed E-state index contributed by atoms with van der Waals surface area (Å²) in [5, 5.41) is 2.94. The van der Waals surface area contributed by atoms with E-state index < -0.39 is 0 Å². The van der Waals surface area contributed by atoms with Crippen LogP contribution in [0.25, 0.3) is 0 Å². The summed E-state index contributed by atoms with van der Waals surface area (Å²) < 4.78 is 0. The molecule has 0 aliphatic carbocycles. The summed E-state index contributed by atoms with van der Waals surface area (Å²) in [5.41, 5.74) is 2.93. The number of aryl methyl sites for hydroxylation is 2. The molecule has 4 nitrogen and oxygen atoms in total. The molecule has 1 aromatic rings. The number of carbonyl (C=O) groups excluding carboxylic acids is 2. The number of rotatable bonds is 1. The first-order valence-electron chi connectivity index (χ1n) is 6.73. The van der Waals surface area contributed by atoms with Crippen molar-refractivity contribution in [3.05, 3.63) is 34.9 Å². The lowest BCUT2D eigenvalue weighted by Crippen LogP contribution is -2.38. The van der Waals surface area contributed by atoms with E-state index >= 15 is 0 Å². The van der Waals surface area contributed by atoms with Crippen molar-refractivity contribution in [2.45, 2.75) is 38.8 Å². The van der Waals surface area contributed by atoms with Crippen LogP contribution >= 0.6 is 0 Å². The summed E-state index contributed by atoms with van der Waals surface area (Å²) in [4.78, 5) is 25.9. The Morgan fingerprint density at radius 3 is 2.63 bits per heavy atom. The third kappa shape index (κ3) is 2.11. The highest BCUT2D eigenvalue weighted by Gasteiger charge is 2.43. The first kappa shape index (κ1) is 12.2. The van der Waals surface area contributed by atoms with E-state index in [0.29, 0.717) is 6.42 Å². The number of likely N-dealkylation sites (tertiary alicyclic amines) is 1. The maximum absolute atomic E-state index is 12.6. The monoisotopic (exact) mass is 258 g/mol. The largest absolute Gasteiger partial charge is 0.351 e. The Balaban J connectivity index is 1.86. The van der Waals surface area contributed by atoms with Crippen LogP contribution in [0.4, 0.5) is 0 Å². The van der Waals surface area contributed by atoms with Crippen LogP contribution in [0.2, 0.25) is 0 Å². The van der Waals surface area contributed by atoms with Gasteiger partial charge in [-0.15, -0.1) is 0 Å². The van der Waals surface area contributed by atoms with Crippen molar-refractivity contribution in [3.8, 4) is 0 Å². The minimum Gasteiger partial charge on any atom is -0.351 e. The molecule has 100 valence electrons. The van der Waals surface area contributed by atoms with Gasteiger partial charge in [0.2, 0.25) is 5.91 Å². The Kier molecular flexibility index (Phi) is 2.81. The topological polar surface area (TPSA) is 49.4 Å². The smallest absolute Gasteiger partial charge is 0.254 e. The summed E-state index contributed by atoms with van der Waals surface area (Å²) >= 11 is 0. The fraction of sp³-hybridized carbons (Fsp3) is 0.467. The van der Waals surface area contributed by atoms with Crippen LogP contribution in [0.3, 0.4) is 0 Å². The van der Waals surface area contributed by atoms with E-state index in [1.165, 1.54) is 0 Å². The van der Waals surface area contributed by atoms with Crippen molar-refractivity contribution in [1.29, 1.82) is 0 Å². The molecule has 3 rings (SSSR count). The van der Waals surface area contributed by atoms with Crippen molar-refractivity contribution in [1.82, 2.24) is 10.2 Å². The molecule has 2 saturated heterocycles. The number of amides is 2. The van der Waals surface area contributed by atoms with Gasteiger partial charge in [-0.25, -0.2) is 0 Å². The van der Waals surface area contributed by atoms with E-state index in [1.807, 2.05) is 30.9 Å². The molecule has 0 saturated carbocycles. The summed E-state index contributed by atoms with van der Waals surface area (Å²) in [6.07, 6.45) is 1.31. The summed E-state index contributed by atoms with van der Waals surface area (Å²) in [5.74, 6) is 0.115. The number of nitrogens with zero attached hydrogens (tertiary/aromatic N) is 1. The Bertz CT molecular complexity index is 533. The molecule has 0 spiro atoms. The molecule has 4 heteroatoms. The molecule has 2 heterocycles. The SMILES string of the molecule is Cc1cc(C)cc(C(=O)N2CC[C@H]3NC(=O)C[C@@H]32)c1. The summed E-state index contributed by atoms with van der Waals surface area (Å²) in [7, 11) is 0. The first-order chi connectivity index (χ1) is 9.04. The molecular formula is C15H18N2O2. The van der Waals surface area contributed by atoms with Crippen LogP contribution < -0.4 is 5.32 Å². The van der Waals surface area contributed by atoms with Gasteiger partial charge in [0.1, 0.15) is 0 Å². The van der Waals surface area contributed by atoms with Crippen molar-refractivity contribution in [3.63, 3.8) is 0 Å². The van der Waals surface area contributed by atoms with Gasteiger partial charge in [0, 0.05) is 18.5 Å². The van der Waals surface area contributed by atoms with Gasteiger partial charge in [0.05, 0.1) is 12.1 Å². The highest BCUT2D eigenvalue weighted by atomic mass is 16.2. The number of nitrogens with one attached hydrogen (secondary N) is 1. The van der Waals surface area contributed by atoms with Crippen molar-refractivity contribution in [2.75, 3.05) is 6.54 Å². The second kappa shape index (κ2) is 4.37. The number of hydrogen-bond acceptors (Lipinski definition) is 2.